The standard InChI is InChI=1S/C13H18N4O3S/c1-8-4-5-16(11(8)12(19)20)10(18)6-21-13-15-14-7-17(13)9-2-3-9/h7-9,11H,2-6H2,1H3,(H,19,20). The quantitative estimate of drug-likeness (QED) is 0.817. The van der Waals surface area contributed by atoms with Gasteiger partial charge in [0.05, 0.1) is 5.75 Å². The van der Waals surface area contributed by atoms with Crippen molar-refractivity contribution in [3.05, 3.63) is 6.33 Å². The number of hydrogen-bond donors (Lipinski definition) is 1. The number of thioether (sulfide) groups is 1. The fraction of sp³-hybridized carbons (Fsp3) is 0.692. The minimum absolute atomic E-state index is 0.00608. The van der Waals surface area contributed by atoms with E-state index in [2.05, 4.69) is 10.2 Å². The maximum Gasteiger partial charge on any atom is 0.326 e. The Morgan fingerprint density at radius 2 is 2.19 bits per heavy atom. The summed E-state index contributed by atoms with van der Waals surface area (Å²) in [7, 11) is 0. The molecule has 3 rings (SSSR count). The van der Waals surface area contributed by atoms with Gasteiger partial charge in [-0.15, -0.1) is 10.2 Å². The lowest BCUT2D eigenvalue weighted by Crippen LogP contribution is -2.43. The summed E-state index contributed by atoms with van der Waals surface area (Å²) in [6.45, 7) is 2.40. The van der Waals surface area contributed by atoms with E-state index in [1.807, 2.05) is 11.5 Å². The number of carbonyl (C=O) groups is 2. The van der Waals surface area contributed by atoms with Gasteiger partial charge in [0.1, 0.15) is 12.4 Å². The first-order chi connectivity index (χ1) is 10.1. The third kappa shape index (κ3) is 2.90. The Morgan fingerprint density at radius 3 is 2.86 bits per heavy atom. The number of carbonyl (C=O) groups excluding carboxylic acids is 1. The molecule has 1 saturated carbocycles. The van der Waals surface area contributed by atoms with Gasteiger partial charge in [-0.2, -0.15) is 0 Å². The molecule has 1 aromatic heterocycles. The van der Waals surface area contributed by atoms with Gasteiger partial charge in [0.2, 0.25) is 5.91 Å². The number of carboxylic acids is 1. The minimum atomic E-state index is -0.917. The summed E-state index contributed by atoms with van der Waals surface area (Å²) in [5.41, 5.74) is 0. The number of nitrogens with zero attached hydrogens (tertiary/aromatic N) is 4. The summed E-state index contributed by atoms with van der Waals surface area (Å²) < 4.78 is 2.00. The van der Waals surface area contributed by atoms with Crippen LogP contribution in [0.3, 0.4) is 0 Å². The molecule has 8 heteroatoms. The summed E-state index contributed by atoms with van der Waals surface area (Å²) >= 11 is 1.34. The minimum Gasteiger partial charge on any atom is -0.480 e. The second-order valence-electron chi connectivity index (χ2n) is 5.68. The van der Waals surface area contributed by atoms with Crippen molar-refractivity contribution < 1.29 is 14.7 Å². The Balaban J connectivity index is 1.61. The van der Waals surface area contributed by atoms with Crippen LogP contribution in [0, 0.1) is 5.92 Å². The topological polar surface area (TPSA) is 88.3 Å². The van der Waals surface area contributed by atoms with E-state index in [1.165, 1.54) is 16.7 Å². The average Bonchev–Trinajstić information content (AvgIpc) is 3.04. The van der Waals surface area contributed by atoms with Crippen LogP contribution < -0.4 is 0 Å². The predicted molar refractivity (Wildman–Crippen MR) is 75.9 cm³/mol. The van der Waals surface area contributed by atoms with E-state index in [0.717, 1.165) is 24.4 Å². The van der Waals surface area contributed by atoms with Gasteiger partial charge in [0.15, 0.2) is 5.16 Å². The number of likely N-dealkylation sites (tertiary alicyclic amines) is 1. The van der Waals surface area contributed by atoms with Crippen LogP contribution >= 0.6 is 11.8 Å². The van der Waals surface area contributed by atoms with Crippen LogP contribution in [-0.4, -0.2) is 55.0 Å². The zero-order chi connectivity index (χ0) is 15.0. The van der Waals surface area contributed by atoms with E-state index in [4.69, 9.17) is 0 Å². The highest BCUT2D eigenvalue weighted by atomic mass is 32.2. The maximum atomic E-state index is 12.3. The van der Waals surface area contributed by atoms with Crippen molar-refractivity contribution in [1.29, 1.82) is 0 Å². The molecule has 2 aliphatic rings. The molecule has 1 N–H and O–H groups in total. The smallest absolute Gasteiger partial charge is 0.326 e. The summed E-state index contributed by atoms with van der Waals surface area (Å²) in [5, 5.41) is 17.9. The first-order valence-electron chi connectivity index (χ1n) is 7.12. The Labute approximate surface area is 126 Å². The molecule has 0 bridgehead atoms. The Hall–Kier alpha value is -1.57. The van der Waals surface area contributed by atoms with Crippen LogP contribution in [0.1, 0.15) is 32.2 Å². The number of rotatable bonds is 5. The van der Waals surface area contributed by atoms with Gasteiger partial charge in [-0.05, 0) is 25.2 Å². The first-order valence-corrected chi connectivity index (χ1v) is 8.11. The molecular formula is C13H18N4O3S. The fourth-order valence-electron chi connectivity index (χ4n) is 2.75. The molecule has 7 nitrogen and oxygen atoms in total. The lowest BCUT2D eigenvalue weighted by molar-refractivity contribution is -0.148. The third-order valence-electron chi connectivity index (χ3n) is 4.08. The second kappa shape index (κ2) is 5.67. The monoisotopic (exact) mass is 310 g/mol. The van der Waals surface area contributed by atoms with Crippen molar-refractivity contribution in [3.63, 3.8) is 0 Å². The van der Waals surface area contributed by atoms with E-state index in [0.29, 0.717) is 12.6 Å². The van der Waals surface area contributed by atoms with Crippen molar-refractivity contribution in [1.82, 2.24) is 19.7 Å². The van der Waals surface area contributed by atoms with E-state index < -0.39 is 12.0 Å². The van der Waals surface area contributed by atoms with Crippen molar-refractivity contribution in [3.8, 4) is 0 Å². The summed E-state index contributed by atoms with van der Waals surface area (Å²) in [6, 6.07) is -0.226. The Kier molecular flexibility index (Phi) is 3.88. The van der Waals surface area contributed by atoms with Gasteiger partial charge >= 0.3 is 5.97 Å². The number of carboxylic acid groups (broad SMARTS) is 1. The molecule has 2 fully saturated rings. The second-order valence-corrected chi connectivity index (χ2v) is 6.62. The number of aromatic nitrogens is 3. The molecule has 114 valence electrons. The number of hydrogen-bond acceptors (Lipinski definition) is 5. The number of amides is 1. The van der Waals surface area contributed by atoms with Gasteiger partial charge in [0.25, 0.3) is 0 Å². The van der Waals surface area contributed by atoms with Crippen LogP contribution in [-0.2, 0) is 9.59 Å². The first kappa shape index (κ1) is 14.4. The molecule has 21 heavy (non-hydrogen) atoms. The Bertz CT molecular complexity index is 557. The van der Waals surface area contributed by atoms with Crippen LogP contribution in [0.5, 0.6) is 0 Å². The van der Waals surface area contributed by atoms with E-state index >= 15 is 0 Å². The van der Waals surface area contributed by atoms with E-state index in [1.54, 1.807) is 6.33 Å². The normalized spacial score (nSPS) is 25.3. The zero-order valence-corrected chi connectivity index (χ0v) is 12.6. The van der Waals surface area contributed by atoms with E-state index in [-0.39, 0.29) is 17.6 Å². The average molecular weight is 310 g/mol. The van der Waals surface area contributed by atoms with Crippen LogP contribution in [0.25, 0.3) is 0 Å². The molecule has 1 aliphatic heterocycles. The molecule has 1 saturated heterocycles. The summed E-state index contributed by atoms with van der Waals surface area (Å²) in [4.78, 5) is 25.1. The SMILES string of the molecule is CC1CCN(C(=O)CSc2nncn2C2CC2)C1C(=O)O. The van der Waals surface area contributed by atoms with Crippen molar-refractivity contribution in [2.24, 2.45) is 5.92 Å². The van der Waals surface area contributed by atoms with Gasteiger partial charge < -0.3 is 14.6 Å². The highest BCUT2D eigenvalue weighted by Gasteiger charge is 2.39. The molecular weight excluding hydrogens is 292 g/mol. The van der Waals surface area contributed by atoms with Crippen LogP contribution in [0.2, 0.25) is 0 Å². The Morgan fingerprint density at radius 1 is 1.43 bits per heavy atom. The molecule has 0 spiro atoms. The highest BCUT2D eigenvalue weighted by Crippen LogP contribution is 2.37. The van der Waals surface area contributed by atoms with Crippen molar-refractivity contribution in [2.75, 3.05) is 12.3 Å². The predicted octanol–water partition coefficient (Wildman–Crippen LogP) is 1.03. The highest BCUT2D eigenvalue weighted by molar-refractivity contribution is 7.99. The summed E-state index contributed by atoms with van der Waals surface area (Å²) in [6.07, 6.45) is 4.70. The maximum absolute atomic E-state index is 12.3. The number of aliphatic carboxylic acids is 1. The van der Waals surface area contributed by atoms with Crippen molar-refractivity contribution >= 4 is 23.6 Å². The molecule has 0 aromatic carbocycles. The third-order valence-corrected chi connectivity index (χ3v) is 5.02. The zero-order valence-electron chi connectivity index (χ0n) is 11.8. The fourth-order valence-corrected chi connectivity index (χ4v) is 3.62. The molecule has 1 amide bonds. The summed E-state index contributed by atoms with van der Waals surface area (Å²) in [5.74, 6) is -0.838. The van der Waals surface area contributed by atoms with Crippen LogP contribution in [0.15, 0.2) is 11.5 Å². The van der Waals surface area contributed by atoms with Gasteiger partial charge in [-0.25, -0.2) is 4.79 Å². The van der Waals surface area contributed by atoms with Gasteiger partial charge in [-0.1, -0.05) is 18.7 Å². The largest absolute Gasteiger partial charge is 0.480 e. The molecule has 1 aromatic rings. The lowest BCUT2D eigenvalue weighted by atomic mass is 10.0. The van der Waals surface area contributed by atoms with E-state index in [9.17, 15) is 14.7 Å². The molecule has 1 aliphatic carbocycles. The molecule has 0 radical (unpaired) electrons. The van der Waals surface area contributed by atoms with Gasteiger partial charge in [0, 0.05) is 12.6 Å². The van der Waals surface area contributed by atoms with Crippen LogP contribution in [0.4, 0.5) is 0 Å². The molecule has 2 atom stereocenters. The molecule has 2 unspecified atom stereocenters. The molecule has 2 heterocycles. The van der Waals surface area contributed by atoms with Gasteiger partial charge in [-0.3, -0.25) is 4.79 Å². The lowest BCUT2D eigenvalue weighted by Gasteiger charge is -2.23. The van der Waals surface area contributed by atoms with Crippen molar-refractivity contribution in [2.45, 2.75) is 43.4 Å².